The van der Waals surface area contributed by atoms with Gasteiger partial charge in [0, 0.05) is 19.2 Å². The van der Waals surface area contributed by atoms with Crippen LogP contribution in [0.3, 0.4) is 0 Å². The van der Waals surface area contributed by atoms with Crippen molar-refractivity contribution in [3.05, 3.63) is 23.9 Å². The quantitative estimate of drug-likeness (QED) is 0.436. The lowest BCUT2D eigenvalue weighted by molar-refractivity contribution is 0.552. The van der Waals surface area contributed by atoms with Gasteiger partial charge in [-0.1, -0.05) is 6.08 Å². The molecule has 0 amide bonds. The number of allylic oxidation sites excluding steroid dienone is 1. The molecule has 56 valence electrons. The van der Waals surface area contributed by atoms with Crippen LogP contribution in [0.25, 0.3) is 0 Å². The summed E-state index contributed by atoms with van der Waals surface area (Å²) in [5.41, 5.74) is 11.7. The second-order valence-electron chi connectivity index (χ2n) is 2.56. The van der Waals surface area contributed by atoms with Crippen molar-refractivity contribution in [3.8, 4) is 0 Å². The number of likely N-dealkylation sites (N-methyl/N-ethyl adjacent to an activating group) is 1. The normalized spacial score (nSPS) is 22.1. The summed E-state index contributed by atoms with van der Waals surface area (Å²) in [4.78, 5) is 0. The summed E-state index contributed by atoms with van der Waals surface area (Å²) in [5, 5.41) is 3.00. The molecular weight excluding hydrogens is 126 g/mol. The third kappa shape index (κ3) is 1.59. The van der Waals surface area contributed by atoms with Crippen molar-refractivity contribution >= 4 is 0 Å². The van der Waals surface area contributed by atoms with E-state index < -0.39 is 5.66 Å². The highest BCUT2D eigenvalue weighted by atomic mass is 14.9. The van der Waals surface area contributed by atoms with Crippen molar-refractivity contribution in [1.82, 2.24) is 5.32 Å². The maximum absolute atomic E-state index is 5.61. The lowest BCUT2D eigenvalue weighted by Gasteiger charge is -2.22. The Bertz CT molecular complexity index is 179. The van der Waals surface area contributed by atoms with Gasteiger partial charge in [0.2, 0.25) is 0 Å². The van der Waals surface area contributed by atoms with Gasteiger partial charge >= 0.3 is 0 Å². The van der Waals surface area contributed by atoms with Crippen molar-refractivity contribution in [2.75, 3.05) is 7.05 Å². The zero-order valence-electron chi connectivity index (χ0n) is 6.09. The van der Waals surface area contributed by atoms with Crippen molar-refractivity contribution in [2.45, 2.75) is 12.1 Å². The molecule has 0 bridgehead atoms. The molecule has 0 saturated heterocycles. The molecule has 1 aliphatic carbocycles. The Hall–Kier alpha value is -0.800. The Balaban J connectivity index is 2.63. The van der Waals surface area contributed by atoms with Crippen LogP contribution < -0.4 is 16.8 Å². The van der Waals surface area contributed by atoms with Gasteiger partial charge in [-0.05, 0) is 12.2 Å². The zero-order valence-corrected chi connectivity index (χ0v) is 6.09. The average Bonchev–Trinajstić information content (AvgIpc) is 1.88. The minimum atomic E-state index is -0.639. The van der Waals surface area contributed by atoms with Crippen molar-refractivity contribution in [1.29, 1.82) is 0 Å². The van der Waals surface area contributed by atoms with Crippen LogP contribution in [-0.4, -0.2) is 12.7 Å². The summed E-state index contributed by atoms with van der Waals surface area (Å²) in [7, 11) is 1.87. The number of hydrogen-bond acceptors (Lipinski definition) is 3. The number of nitrogens with one attached hydrogen (secondary N) is 1. The molecule has 0 saturated carbocycles. The Kier molecular flexibility index (Phi) is 1.78. The Morgan fingerprint density at radius 1 is 1.60 bits per heavy atom. The van der Waals surface area contributed by atoms with Crippen molar-refractivity contribution < 1.29 is 0 Å². The molecule has 5 N–H and O–H groups in total. The molecule has 3 heteroatoms. The molecule has 3 nitrogen and oxygen atoms in total. The van der Waals surface area contributed by atoms with E-state index in [2.05, 4.69) is 5.32 Å². The predicted octanol–water partition coefficient (Wildman–Crippen LogP) is -0.337. The molecular formula is C7H13N3. The molecule has 0 aromatic carbocycles. The highest BCUT2D eigenvalue weighted by Gasteiger charge is 2.15. The molecule has 1 rings (SSSR count). The van der Waals surface area contributed by atoms with Gasteiger partial charge in [-0.3, -0.25) is 0 Å². The van der Waals surface area contributed by atoms with Crippen LogP contribution in [0.1, 0.15) is 6.42 Å². The van der Waals surface area contributed by atoms with Gasteiger partial charge < -0.3 is 16.8 Å². The molecule has 0 spiro atoms. The van der Waals surface area contributed by atoms with Gasteiger partial charge in [-0.2, -0.15) is 0 Å². The fourth-order valence-corrected chi connectivity index (χ4v) is 0.853. The second kappa shape index (κ2) is 2.44. The van der Waals surface area contributed by atoms with Crippen LogP contribution >= 0.6 is 0 Å². The van der Waals surface area contributed by atoms with Crippen LogP contribution in [0.5, 0.6) is 0 Å². The molecule has 10 heavy (non-hydrogen) atoms. The molecule has 0 atom stereocenters. The molecule has 0 radical (unpaired) electrons. The van der Waals surface area contributed by atoms with E-state index >= 15 is 0 Å². The lowest BCUT2D eigenvalue weighted by Crippen LogP contribution is -2.47. The van der Waals surface area contributed by atoms with Crippen LogP contribution in [0.2, 0.25) is 0 Å². The van der Waals surface area contributed by atoms with E-state index in [4.69, 9.17) is 11.5 Å². The minimum Gasteiger partial charge on any atom is -0.388 e. The van der Waals surface area contributed by atoms with Gasteiger partial charge in [-0.15, -0.1) is 0 Å². The summed E-state index contributed by atoms with van der Waals surface area (Å²) in [6, 6.07) is 0. The van der Waals surface area contributed by atoms with E-state index in [1.54, 1.807) is 6.08 Å². The maximum atomic E-state index is 5.61. The second-order valence-corrected chi connectivity index (χ2v) is 2.56. The summed E-state index contributed by atoms with van der Waals surface area (Å²) in [6.45, 7) is 0. The van der Waals surface area contributed by atoms with E-state index in [9.17, 15) is 0 Å². The average molecular weight is 139 g/mol. The number of hydrogen-bond donors (Lipinski definition) is 3. The first-order valence-electron chi connectivity index (χ1n) is 3.29. The molecule has 0 heterocycles. The van der Waals surface area contributed by atoms with Crippen LogP contribution in [0.4, 0.5) is 0 Å². The third-order valence-corrected chi connectivity index (χ3v) is 1.54. The molecule has 0 aliphatic heterocycles. The Labute approximate surface area is 60.8 Å². The fourth-order valence-electron chi connectivity index (χ4n) is 0.853. The molecule has 1 aliphatic rings. The topological polar surface area (TPSA) is 64.1 Å². The number of nitrogens with two attached hydrogens (primary N) is 2. The van der Waals surface area contributed by atoms with Crippen molar-refractivity contribution in [3.63, 3.8) is 0 Å². The third-order valence-electron chi connectivity index (χ3n) is 1.54. The molecule has 0 fully saturated rings. The van der Waals surface area contributed by atoms with Crippen LogP contribution in [0, 0.1) is 0 Å². The first kappa shape index (κ1) is 7.31. The van der Waals surface area contributed by atoms with Crippen molar-refractivity contribution in [2.24, 2.45) is 11.5 Å². The summed E-state index contributed by atoms with van der Waals surface area (Å²) in [6.07, 6.45) is 6.38. The molecule has 0 unspecified atom stereocenters. The van der Waals surface area contributed by atoms with E-state index in [1.165, 1.54) is 0 Å². The van der Waals surface area contributed by atoms with Gasteiger partial charge in [0.15, 0.2) is 0 Å². The summed E-state index contributed by atoms with van der Waals surface area (Å²) in [5.74, 6) is 0. The summed E-state index contributed by atoms with van der Waals surface area (Å²) < 4.78 is 0. The summed E-state index contributed by atoms with van der Waals surface area (Å²) >= 11 is 0. The van der Waals surface area contributed by atoms with E-state index in [0.29, 0.717) is 6.42 Å². The number of rotatable bonds is 1. The zero-order chi connectivity index (χ0) is 7.61. The maximum Gasteiger partial charge on any atom is 0.0868 e. The monoisotopic (exact) mass is 139 g/mol. The molecule has 0 aromatic heterocycles. The lowest BCUT2D eigenvalue weighted by atomic mass is 10.0. The molecule has 0 aromatic rings. The fraction of sp³-hybridized carbons (Fsp3) is 0.429. The first-order chi connectivity index (χ1) is 4.64. The SMILES string of the molecule is CNC1=CCC(N)(N)C=C1. The Morgan fingerprint density at radius 2 is 2.30 bits per heavy atom. The largest absolute Gasteiger partial charge is 0.388 e. The van der Waals surface area contributed by atoms with Crippen LogP contribution in [-0.2, 0) is 0 Å². The van der Waals surface area contributed by atoms with Gasteiger partial charge in [-0.25, -0.2) is 0 Å². The smallest absolute Gasteiger partial charge is 0.0868 e. The standard InChI is InChI=1S/C7H13N3/c1-10-6-2-4-7(8,9)5-3-6/h2-4,10H,5,8-9H2,1H3. The minimum absolute atomic E-state index is 0.639. The predicted molar refractivity (Wildman–Crippen MR) is 42.0 cm³/mol. The van der Waals surface area contributed by atoms with E-state index in [0.717, 1.165) is 5.70 Å². The highest BCUT2D eigenvalue weighted by molar-refractivity contribution is 5.26. The van der Waals surface area contributed by atoms with E-state index in [-0.39, 0.29) is 0 Å². The van der Waals surface area contributed by atoms with Gasteiger partial charge in [0.25, 0.3) is 0 Å². The Morgan fingerprint density at radius 3 is 2.70 bits per heavy atom. The highest BCUT2D eigenvalue weighted by Crippen LogP contribution is 2.10. The van der Waals surface area contributed by atoms with Gasteiger partial charge in [0.05, 0.1) is 5.66 Å². The van der Waals surface area contributed by atoms with E-state index in [1.807, 2.05) is 19.2 Å². The van der Waals surface area contributed by atoms with Crippen LogP contribution in [0.15, 0.2) is 23.9 Å². The first-order valence-corrected chi connectivity index (χ1v) is 3.29. The van der Waals surface area contributed by atoms with Gasteiger partial charge in [0.1, 0.15) is 0 Å².